The lowest BCUT2D eigenvalue weighted by Crippen LogP contribution is -2.22. The van der Waals surface area contributed by atoms with Crippen molar-refractivity contribution in [3.8, 4) is 11.9 Å². The predicted molar refractivity (Wildman–Crippen MR) is 97.4 cm³/mol. The molecule has 0 radical (unpaired) electrons. The van der Waals surface area contributed by atoms with Gasteiger partial charge in [0.2, 0.25) is 5.88 Å². The Hall–Kier alpha value is -2.36. The Bertz CT molecular complexity index is 930. The molecule has 0 aliphatic heterocycles. The largest absolute Gasteiger partial charge is 0.493 e. The third-order valence-corrected chi connectivity index (χ3v) is 4.50. The normalized spacial score (nSPS) is 11.0. The average Bonchev–Trinajstić information content (AvgIpc) is 2.58. The highest BCUT2D eigenvalue weighted by atomic mass is 35.5. The van der Waals surface area contributed by atoms with Crippen LogP contribution in [-0.2, 0) is 6.54 Å². The van der Waals surface area contributed by atoms with Gasteiger partial charge in [-0.25, -0.2) is 0 Å². The zero-order valence-corrected chi connectivity index (χ0v) is 15.3. The van der Waals surface area contributed by atoms with E-state index in [0.717, 1.165) is 11.0 Å². The first-order valence-electron chi connectivity index (χ1n) is 7.64. The van der Waals surface area contributed by atoms with Gasteiger partial charge in [0.25, 0.3) is 5.56 Å². The van der Waals surface area contributed by atoms with Crippen LogP contribution in [-0.4, -0.2) is 9.67 Å². The number of nitrogens with zero attached hydrogens (tertiary/aromatic N) is 4. The summed E-state index contributed by atoms with van der Waals surface area (Å²) < 4.78 is 1.14. The first-order valence-corrected chi connectivity index (χ1v) is 8.40. The molecule has 0 atom stereocenters. The molecule has 1 aromatic carbocycles. The minimum Gasteiger partial charge on any atom is -0.493 e. The van der Waals surface area contributed by atoms with Gasteiger partial charge in [-0.05, 0) is 25.5 Å². The van der Waals surface area contributed by atoms with Crippen LogP contribution >= 0.6 is 23.2 Å². The highest BCUT2D eigenvalue weighted by molar-refractivity contribution is 6.43. The van der Waals surface area contributed by atoms with Gasteiger partial charge in [0.1, 0.15) is 17.3 Å². The van der Waals surface area contributed by atoms with Crippen molar-refractivity contribution in [1.82, 2.24) is 4.57 Å². The van der Waals surface area contributed by atoms with Crippen LogP contribution in [0.2, 0.25) is 10.0 Å². The van der Waals surface area contributed by atoms with Crippen LogP contribution in [0, 0.1) is 18.3 Å². The summed E-state index contributed by atoms with van der Waals surface area (Å²) in [6.45, 7) is 3.79. The second kappa shape index (κ2) is 8.15. The number of benzene rings is 1. The van der Waals surface area contributed by atoms with E-state index in [4.69, 9.17) is 23.2 Å². The zero-order chi connectivity index (χ0) is 18.6. The second-order valence-corrected chi connectivity index (χ2v) is 6.15. The SMILES string of the molecule is CCCCn1c(O)c(C#N)c(C)c(N=Nc2cccc(Cl)c2Cl)c1=O. The van der Waals surface area contributed by atoms with Crippen molar-refractivity contribution < 1.29 is 5.11 Å². The fourth-order valence-electron chi connectivity index (χ4n) is 2.25. The van der Waals surface area contributed by atoms with E-state index in [2.05, 4.69) is 10.2 Å². The lowest BCUT2D eigenvalue weighted by atomic mass is 10.1. The van der Waals surface area contributed by atoms with Crippen molar-refractivity contribution in [1.29, 1.82) is 5.26 Å². The van der Waals surface area contributed by atoms with E-state index in [0.29, 0.717) is 17.1 Å². The highest BCUT2D eigenvalue weighted by Gasteiger charge is 2.19. The van der Waals surface area contributed by atoms with Crippen molar-refractivity contribution in [2.24, 2.45) is 10.2 Å². The number of rotatable bonds is 5. The first kappa shape index (κ1) is 19.0. The van der Waals surface area contributed by atoms with Gasteiger partial charge in [0.05, 0.1) is 10.0 Å². The Morgan fingerprint density at radius 3 is 2.68 bits per heavy atom. The fraction of sp³-hybridized carbons (Fsp3) is 0.294. The molecule has 0 fully saturated rings. The molecule has 1 aromatic heterocycles. The van der Waals surface area contributed by atoms with Gasteiger partial charge in [-0.2, -0.15) is 5.26 Å². The lowest BCUT2D eigenvalue weighted by Gasteiger charge is -2.12. The van der Waals surface area contributed by atoms with Gasteiger partial charge in [-0.15, -0.1) is 10.2 Å². The maximum Gasteiger partial charge on any atom is 0.281 e. The summed E-state index contributed by atoms with van der Waals surface area (Å²) in [5.74, 6) is -0.349. The molecule has 0 aliphatic carbocycles. The maximum atomic E-state index is 12.6. The van der Waals surface area contributed by atoms with Crippen LogP contribution in [0.3, 0.4) is 0 Å². The number of aromatic hydroxyl groups is 1. The smallest absolute Gasteiger partial charge is 0.281 e. The summed E-state index contributed by atoms with van der Waals surface area (Å²) in [5, 5.41) is 28.0. The molecular weight excluding hydrogens is 363 g/mol. The number of hydrogen-bond acceptors (Lipinski definition) is 5. The summed E-state index contributed by atoms with van der Waals surface area (Å²) in [6, 6.07) is 6.78. The van der Waals surface area contributed by atoms with E-state index in [-0.39, 0.29) is 34.3 Å². The van der Waals surface area contributed by atoms with Crippen LogP contribution in [0.15, 0.2) is 33.2 Å². The molecule has 0 saturated carbocycles. The Morgan fingerprint density at radius 2 is 2.04 bits per heavy atom. The van der Waals surface area contributed by atoms with Crippen molar-refractivity contribution >= 4 is 34.6 Å². The van der Waals surface area contributed by atoms with E-state index >= 15 is 0 Å². The number of unbranched alkanes of at least 4 members (excludes halogenated alkanes) is 1. The molecule has 2 aromatic rings. The van der Waals surface area contributed by atoms with Gasteiger partial charge in [-0.3, -0.25) is 9.36 Å². The second-order valence-electron chi connectivity index (χ2n) is 5.37. The number of nitriles is 1. The maximum absolute atomic E-state index is 12.6. The number of aromatic nitrogens is 1. The summed E-state index contributed by atoms with van der Waals surface area (Å²) in [4.78, 5) is 12.6. The minimum atomic E-state index is -0.510. The number of pyridine rings is 1. The molecule has 0 saturated heterocycles. The monoisotopic (exact) mass is 378 g/mol. The Kier molecular flexibility index (Phi) is 6.18. The molecule has 1 N–H and O–H groups in total. The van der Waals surface area contributed by atoms with Crippen LogP contribution < -0.4 is 5.56 Å². The van der Waals surface area contributed by atoms with Crippen molar-refractivity contribution in [3.05, 3.63) is 49.7 Å². The first-order chi connectivity index (χ1) is 11.9. The van der Waals surface area contributed by atoms with Crippen LogP contribution in [0.1, 0.15) is 30.9 Å². The summed E-state index contributed by atoms with van der Waals surface area (Å²) in [5.41, 5.74) is 0.0481. The predicted octanol–water partition coefficient (Wildman–Crippen LogP) is 5.26. The average molecular weight is 379 g/mol. The topological polar surface area (TPSA) is 90.7 Å². The van der Waals surface area contributed by atoms with E-state index < -0.39 is 5.56 Å². The molecule has 8 heteroatoms. The van der Waals surface area contributed by atoms with Gasteiger partial charge in [0.15, 0.2) is 5.69 Å². The third kappa shape index (κ3) is 3.84. The minimum absolute atomic E-state index is 0.00171. The molecule has 1 heterocycles. The lowest BCUT2D eigenvalue weighted by molar-refractivity contribution is 0.399. The molecular formula is C17H16Cl2N4O2. The number of halogens is 2. The van der Waals surface area contributed by atoms with E-state index in [1.165, 1.54) is 6.92 Å². The summed E-state index contributed by atoms with van der Waals surface area (Å²) in [7, 11) is 0. The van der Waals surface area contributed by atoms with E-state index in [1.54, 1.807) is 18.2 Å². The Labute approximate surface area is 155 Å². The van der Waals surface area contributed by atoms with Crippen molar-refractivity contribution in [2.45, 2.75) is 33.2 Å². The standard InChI is InChI=1S/C17H16Cl2N4O2/c1-3-4-8-23-16(24)11(9-20)10(2)15(17(23)25)22-21-13-7-5-6-12(18)14(13)19/h5-7,24H,3-4,8H2,1-2H3. The van der Waals surface area contributed by atoms with Gasteiger partial charge < -0.3 is 5.11 Å². The van der Waals surface area contributed by atoms with E-state index in [9.17, 15) is 15.2 Å². The Morgan fingerprint density at radius 1 is 1.32 bits per heavy atom. The molecule has 0 amide bonds. The highest BCUT2D eigenvalue weighted by Crippen LogP contribution is 2.33. The quantitative estimate of drug-likeness (QED) is 0.719. The molecule has 0 spiro atoms. The van der Waals surface area contributed by atoms with Crippen molar-refractivity contribution in [2.75, 3.05) is 0 Å². The van der Waals surface area contributed by atoms with Crippen LogP contribution in [0.5, 0.6) is 5.88 Å². The summed E-state index contributed by atoms with van der Waals surface area (Å²) >= 11 is 12.0. The van der Waals surface area contributed by atoms with Crippen molar-refractivity contribution in [3.63, 3.8) is 0 Å². The van der Waals surface area contributed by atoms with E-state index in [1.807, 2.05) is 13.0 Å². The molecule has 6 nitrogen and oxygen atoms in total. The number of azo groups is 1. The van der Waals surface area contributed by atoms with Crippen LogP contribution in [0.4, 0.5) is 11.4 Å². The molecule has 0 unspecified atom stereocenters. The van der Waals surface area contributed by atoms with Gasteiger partial charge in [0, 0.05) is 12.1 Å². The third-order valence-electron chi connectivity index (χ3n) is 3.69. The zero-order valence-electron chi connectivity index (χ0n) is 13.8. The molecule has 0 bridgehead atoms. The molecule has 130 valence electrons. The van der Waals surface area contributed by atoms with Crippen LogP contribution in [0.25, 0.3) is 0 Å². The fourth-order valence-corrected chi connectivity index (χ4v) is 2.59. The molecule has 2 rings (SSSR count). The molecule has 25 heavy (non-hydrogen) atoms. The van der Waals surface area contributed by atoms with Gasteiger partial charge in [-0.1, -0.05) is 42.6 Å². The number of hydrogen-bond donors (Lipinski definition) is 1. The Balaban J connectivity index is 2.61. The van der Waals surface area contributed by atoms with Gasteiger partial charge >= 0.3 is 0 Å². The molecule has 0 aliphatic rings. The summed E-state index contributed by atoms with van der Waals surface area (Å²) in [6.07, 6.45) is 1.51.